The largest absolute Gasteiger partial charge is 0.497 e. The maximum Gasteiger partial charge on any atom is 0.254 e. The van der Waals surface area contributed by atoms with E-state index in [1.807, 2.05) is 18.3 Å². The van der Waals surface area contributed by atoms with Crippen molar-refractivity contribution in [3.63, 3.8) is 0 Å². The van der Waals surface area contributed by atoms with Crippen molar-refractivity contribution in [3.05, 3.63) is 47.3 Å². The van der Waals surface area contributed by atoms with Gasteiger partial charge in [-0.1, -0.05) is 6.07 Å². The smallest absolute Gasteiger partial charge is 0.254 e. The normalized spacial score (nSPS) is 16.7. The third-order valence-electron chi connectivity index (χ3n) is 4.54. The van der Waals surface area contributed by atoms with E-state index in [2.05, 4.69) is 14.9 Å². The molecule has 0 N–H and O–H groups in total. The number of hydrogen-bond donors (Lipinski definition) is 0. The number of methoxy groups -OCH3 is 1. The maximum atomic E-state index is 12.8. The summed E-state index contributed by atoms with van der Waals surface area (Å²) in [6.45, 7) is 4.03. The van der Waals surface area contributed by atoms with E-state index in [-0.39, 0.29) is 5.91 Å². The Morgan fingerprint density at radius 3 is 2.88 bits per heavy atom. The van der Waals surface area contributed by atoms with Crippen molar-refractivity contribution in [2.24, 2.45) is 0 Å². The topological polar surface area (TPSA) is 67.8 Å². The second kappa shape index (κ2) is 6.68. The molecule has 2 aliphatic rings. The number of rotatable bonds is 3. The molecule has 1 fully saturated rings. The molecule has 7 heteroatoms. The van der Waals surface area contributed by atoms with E-state index in [1.165, 1.54) is 0 Å². The van der Waals surface area contributed by atoms with Crippen LogP contribution in [-0.4, -0.2) is 54.2 Å². The number of aromatic nitrogens is 2. The molecule has 0 aliphatic carbocycles. The fourth-order valence-corrected chi connectivity index (χ4v) is 3.14. The van der Waals surface area contributed by atoms with Gasteiger partial charge in [0.15, 0.2) is 0 Å². The standard InChI is InChI=1S/C18H20N4O3/c1-24-15-4-2-3-13(9-15)17(23)22-11-14-10-19-18(20-16(14)12-22)21-5-7-25-8-6-21/h2-4,9-10H,5-8,11-12H2,1H3. The van der Waals surface area contributed by atoms with Crippen molar-refractivity contribution >= 4 is 11.9 Å². The Bertz CT molecular complexity index is 790. The lowest BCUT2D eigenvalue weighted by atomic mass is 10.2. The maximum absolute atomic E-state index is 12.8. The van der Waals surface area contributed by atoms with Gasteiger partial charge >= 0.3 is 0 Å². The van der Waals surface area contributed by atoms with Gasteiger partial charge in [-0.05, 0) is 18.2 Å². The minimum Gasteiger partial charge on any atom is -0.497 e. The van der Waals surface area contributed by atoms with E-state index in [1.54, 1.807) is 24.1 Å². The predicted molar refractivity (Wildman–Crippen MR) is 91.6 cm³/mol. The Kier molecular flexibility index (Phi) is 4.23. The zero-order chi connectivity index (χ0) is 17.2. The van der Waals surface area contributed by atoms with Crippen LogP contribution in [-0.2, 0) is 17.8 Å². The number of hydrogen-bond acceptors (Lipinski definition) is 6. The van der Waals surface area contributed by atoms with E-state index in [9.17, 15) is 4.79 Å². The first kappa shape index (κ1) is 15.8. The number of benzene rings is 1. The molecule has 0 saturated carbocycles. The lowest BCUT2D eigenvalue weighted by molar-refractivity contribution is 0.0750. The molecule has 4 rings (SSSR count). The molecule has 7 nitrogen and oxygen atoms in total. The molecule has 1 aromatic carbocycles. The molecule has 0 unspecified atom stereocenters. The number of amides is 1. The summed E-state index contributed by atoms with van der Waals surface area (Å²) >= 11 is 0. The van der Waals surface area contributed by atoms with Crippen LogP contribution in [0.25, 0.3) is 0 Å². The van der Waals surface area contributed by atoms with Crippen LogP contribution in [0.15, 0.2) is 30.5 Å². The van der Waals surface area contributed by atoms with Gasteiger partial charge in [0, 0.05) is 37.0 Å². The van der Waals surface area contributed by atoms with Crippen LogP contribution in [0.5, 0.6) is 5.75 Å². The Morgan fingerprint density at radius 2 is 2.08 bits per heavy atom. The third kappa shape index (κ3) is 3.15. The number of morpholine rings is 1. The number of fused-ring (bicyclic) bond motifs is 1. The van der Waals surface area contributed by atoms with Gasteiger partial charge in [-0.3, -0.25) is 4.79 Å². The van der Waals surface area contributed by atoms with Crippen LogP contribution < -0.4 is 9.64 Å². The fourth-order valence-electron chi connectivity index (χ4n) is 3.14. The Morgan fingerprint density at radius 1 is 1.24 bits per heavy atom. The van der Waals surface area contributed by atoms with Gasteiger partial charge in [-0.25, -0.2) is 9.97 Å². The Labute approximate surface area is 146 Å². The van der Waals surface area contributed by atoms with Crippen molar-refractivity contribution in [3.8, 4) is 5.75 Å². The molecule has 1 aromatic heterocycles. The quantitative estimate of drug-likeness (QED) is 0.843. The number of anilines is 1. The summed E-state index contributed by atoms with van der Waals surface area (Å²) in [7, 11) is 1.60. The van der Waals surface area contributed by atoms with Crippen molar-refractivity contribution in [2.45, 2.75) is 13.1 Å². The second-order valence-corrected chi connectivity index (χ2v) is 6.13. The van der Waals surface area contributed by atoms with Crippen LogP contribution >= 0.6 is 0 Å². The highest BCUT2D eigenvalue weighted by molar-refractivity contribution is 5.94. The molecule has 2 aliphatic heterocycles. The Balaban J connectivity index is 1.51. The van der Waals surface area contributed by atoms with E-state index < -0.39 is 0 Å². The first-order chi connectivity index (χ1) is 12.2. The van der Waals surface area contributed by atoms with Crippen LogP contribution in [0, 0.1) is 0 Å². The molecule has 25 heavy (non-hydrogen) atoms. The van der Waals surface area contributed by atoms with Crippen molar-refractivity contribution in [2.75, 3.05) is 38.3 Å². The van der Waals surface area contributed by atoms with Gasteiger partial charge in [-0.15, -0.1) is 0 Å². The zero-order valence-electron chi connectivity index (χ0n) is 14.1. The van der Waals surface area contributed by atoms with Crippen LogP contribution in [0.1, 0.15) is 21.6 Å². The predicted octanol–water partition coefficient (Wildman–Crippen LogP) is 1.48. The van der Waals surface area contributed by atoms with Gasteiger partial charge in [-0.2, -0.15) is 0 Å². The molecule has 0 spiro atoms. The molecule has 3 heterocycles. The lowest BCUT2D eigenvalue weighted by Crippen LogP contribution is -2.37. The minimum absolute atomic E-state index is 0.0233. The molecular weight excluding hydrogens is 320 g/mol. The van der Waals surface area contributed by atoms with E-state index in [4.69, 9.17) is 9.47 Å². The summed E-state index contributed by atoms with van der Waals surface area (Å²) in [5, 5.41) is 0. The van der Waals surface area contributed by atoms with Crippen molar-refractivity contribution < 1.29 is 14.3 Å². The average Bonchev–Trinajstić information content (AvgIpc) is 3.11. The summed E-state index contributed by atoms with van der Waals surface area (Å²) < 4.78 is 10.6. The van der Waals surface area contributed by atoms with E-state index >= 15 is 0 Å². The number of carbonyl (C=O) groups is 1. The first-order valence-electron chi connectivity index (χ1n) is 8.35. The fraction of sp³-hybridized carbons (Fsp3) is 0.389. The van der Waals surface area contributed by atoms with Crippen LogP contribution in [0.3, 0.4) is 0 Å². The molecule has 1 amide bonds. The van der Waals surface area contributed by atoms with E-state index in [0.29, 0.717) is 37.6 Å². The Hall–Kier alpha value is -2.67. The molecule has 0 bridgehead atoms. The molecule has 1 saturated heterocycles. The van der Waals surface area contributed by atoms with Gasteiger partial charge < -0.3 is 19.3 Å². The molecule has 2 aromatic rings. The number of carbonyl (C=O) groups excluding carboxylic acids is 1. The highest BCUT2D eigenvalue weighted by Gasteiger charge is 2.27. The monoisotopic (exact) mass is 340 g/mol. The highest BCUT2D eigenvalue weighted by atomic mass is 16.5. The van der Waals surface area contributed by atoms with Gasteiger partial charge in [0.25, 0.3) is 5.91 Å². The molecule has 0 atom stereocenters. The zero-order valence-corrected chi connectivity index (χ0v) is 14.1. The number of nitrogens with zero attached hydrogens (tertiary/aromatic N) is 4. The highest BCUT2D eigenvalue weighted by Crippen LogP contribution is 2.25. The van der Waals surface area contributed by atoms with Crippen LogP contribution in [0.4, 0.5) is 5.95 Å². The average molecular weight is 340 g/mol. The van der Waals surface area contributed by atoms with Gasteiger partial charge in [0.05, 0.1) is 32.6 Å². The van der Waals surface area contributed by atoms with Gasteiger partial charge in [0.2, 0.25) is 5.95 Å². The molecule has 130 valence electrons. The first-order valence-corrected chi connectivity index (χ1v) is 8.35. The molecule has 0 radical (unpaired) electrons. The van der Waals surface area contributed by atoms with Gasteiger partial charge in [0.1, 0.15) is 5.75 Å². The summed E-state index contributed by atoms with van der Waals surface area (Å²) in [5.41, 5.74) is 2.55. The third-order valence-corrected chi connectivity index (χ3v) is 4.54. The van der Waals surface area contributed by atoms with Crippen LogP contribution in [0.2, 0.25) is 0 Å². The van der Waals surface area contributed by atoms with Crippen molar-refractivity contribution in [1.82, 2.24) is 14.9 Å². The van der Waals surface area contributed by atoms with Crippen molar-refractivity contribution in [1.29, 1.82) is 0 Å². The molecular formula is C18H20N4O3. The summed E-state index contributed by atoms with van der Waals surface area (Å²) in [5.74, 6) is 1.37. The SMILES string of the molecule is COc1cccc(C(=O)N2Cc3cnc(N4CCOCC4)nc3C2)c1. The summed E-state index contributed by atoms with van der Waals surface area (Å²) in [6, 6.07) is 7.22. The number of ether oxygens (including phenoxy) is 2. The van der Waals surface area contributed by atoms with E-state index in [0.717, 1.165) is 30.3 Å². The second-order valence-electron chi connectivity index (χ2n) is 6.13. The summed E-state index contributed by atoms with van der Waals surface area (Å²) in [6.07, 6.45) is 1.84. The minimum atomic E-state index is -0.0233. The lowest BCUT2D eigenvalue weighted by Gasteiger charge is -2.26. The summed E-state index contributed by atoms with van der Waals surface area (Å²) in [4.78, 5) is 25.8.